The van der Waals surface area contributed by atoms with Crippen molar-refractivity contribution < 1.29 is 4.79 Å². The second kappa shape index (κ2) is 10.8. The molecule has 0 radical (unpaired) electrons. The molecule has 1 aliphatic carbocycles. The van der Waals surface area contributed by atoms with Crippen LogP contribution in [0.5, 0.6) is 0 Å². The molecular formula is C27H34BrN5O2. The van der Waals surface area contributed by atoms with Crippen molar-refractivity contribution in [3.63, 3.8) is 0 Å². The van der Waals surface area contributed by atoms with Gasteiger partial charge in [0.05, 0.1) is 0 Å². The number of hydrogen-bond donors (Lipinski definition) is 3. The molecule has 7 nitrogen and oxygen atoms in total. The summed E-state index contributed by atoms with van der Waals surface area (Å²) in [5, 5.41) is 8.63. The first-order chi connectivity index (χ1) is 16.8. The third-order valence-corrected chi connectivity index (χ3v) is 7.40. The van der Waals surface area contributed by atoms with Gasteiger partial charge in [0.1, 0.15) is 5.82 Å². The molecule has 3 aromatic rings. The van der Waals surface area contributed by atoms with E-state index in [1.807, 2.05) is 26.1 Å². The van der Waals surface area contributed by atoms with Gasteiger partial charge in [-0.15, -0.1) is 0 Å². The molecule has 3 N–H and O–H groups in total. The van der Waals surface area contributed by atoms with Gasteiger partial charge in [-0.05, 0) is 76.3 Å². The SMILES string of the molecule is CCN(c1cc(Br)cc2c(NCc3c(C)cc(C)[nH]c3=O)nccc12)C1CCC(NC(C)=O)CC1. The summed E-state index contributed by atoms with van der Waals surface area (Å²) in [6, 6.07) is 9.02. The average molecular weight is 541 g/mol. The van der Waals surface area contributed by atoms with Gasteiger partial charge >= 0.3 is 0 Å². The van der Waals surface area contributed by atoms with E-state index in [1.165, 1.54) is 5.69 Å². The van der Waals surface area contributed by atoms with Gasteiger partial charge in [0.25, 0.3) is 5.56 Å². The number of carbonyl (C=O) groups excluding carboxylic acids is 1. The second-order valence-electron chi connectivity index (χ2n) is 9.47. The Labute approximate surface area is 214 Å². The van der Waals surface area contributed by atoms with E-state index >= 15 is 0 Å². The number of hydrogen-bond acceptors (Lipinski definition) is 5. The van der Waals surface area contributed by atoms with Crippen molar-refractivity contribution in [2.45, 2.75) is 72.0 Å². The molecule has 35 heavy (non-hydrogen) atoms. The molecule has 1 amide bonds. The summed E-state index contributed by atoms with van der Waals surface area (Å²) in [6.07, 6.45) is 5.89. The Bertz CT molecular complexity index is 1280. The zero-order chi connectivity index (χ0) is 25.1. The van der Waals surface area contributed by atoms with Crippen LogP contribution in [0.2, 0.25) is 0 Å². The lowest BCUT2D eigenvalue weighted by molar-refractivity contribution is -0.119. The zero-order valence-corrected chi connectivity index (χ0v) is 22.5. The highest BCUT2D eigenvalue weighted by Crippen LogP contribution is 2.37. The van der Waals surface area contributed by atoms with Crippen molar-refractivity contribution in [2.75, 3.05) is 16.8 Å². The largest absolute Gasteiger partial charge is 0.368 e. The van der Waals surface area contributed by atoms with Crippen molar-refractivity contribution in [2.24, 2.45) is 0 Å². The van der Waals surface area contributed by atoms with Crippen molar-refractivity contribution >= 4 is 44.1 Å². The number of pyridine rings is 2. The maximum Gasteiger partial charge on any atom is 0.253 e. The Kier molecular flexibility index (Phi) is 7.79. The molecule has 2 aromatic heterocycles. The molecule has 1 aliphatic rings. The monoisotopic (exact) mass is 539 g/mol. The quantitative estimate of drug-likeness (QED) is 0.384. The Morgan fingerprint density at radius 2 is 1.91 bits per heavy atom. The summed E-state index contributed by atoms with van der Waals surface area (Å²) >= 11 is 3.72. The maximum absolute atomic E-state index is 12.5. The molecule has 1 saturated carbocycles. The van der Waals surface area contributed by atoms with Crippen LogP contribution in [-0.4, -0.2) is 34.5 Å². The minimum Gasteiger partial charge on any atom is -0.368 e. The van der Waals surface area contributed by atoms with Crippen LogP contribution in [-0.2, 0) is 11.3 Å². The van der Waals surface area contributed by atoms with Gasteiger partial charge in [-0.3, -0.25) is 9.59 Å². The van der Waals surface area contributed by atoms with Gasteiger partial charge in [0.2, 0.25) is 5.91 Å². The molecule has 0 spiro atoms. The number of rotatable bonds is 7. The predicted octanol–water partition coefficient (Wildman–Crippen LogP) is 5.19. The summed E-state index contributed by atoms with van der Waals surface area (Å²) in [5.74, 6) is 0.809. The summed E-state index contributed by atoms with van der Waals surface area (Å²) in [4.78, 5) is 33.9. The third-order valence-electron chi connectivity index (χ3n) is 6.94. The van der Waals surface area contributed by atoms with E-state index in [9.17, 15) is 9.59 Å². The van der Waals surface area contributed by atoms with Crippen LogP contribution in [0.3, 0.4) is 0 Å². The molecule has 0 aliphatic heterocycles. The third kappa shape index (κ3) is 5.69. The first kappa shape index (κ1) is 25.2. The zero-order valence-electron chi connectivity index (χ0n) is 20.9. The number of benzene rings is 1. The van der Waals surface area contributed by atoms with Crippen molar-refractivity contribution in [1.29, 1.82) is 0 Å². The molecule has 1 fully saturated rings. The number of aromatic nitrogens is 2. The number of aromatic amines is 1. The highest BCUT2D eigenvalue weighted by atomic mass is 79.9. The molecular weight excluding hydrogens is 506 g/mol. The van der Waals surface area contributed by atoms with E-state index in [0.717, 1.165) is 70.1 Å². The highest BCUT2D eigenvalue weighted by molar-refractivity contribution is 9.10. The molecule has 1 aromatic carbocycles. The number of nitrogens with one attached hydrogen (secondary N) is 3. The first-order valence-corrected chi connectivity index (χ1v) is 13.1. The summed E-state index contributed by atoms with van der Waals surface area (Å²) < 4.78 is 0.991. The Hall–Kier alpha value is -2.87. The van der Waals surface area contributed by atoms with Crippen LogP contribution >= 0.6 is 15.9 Å². The molecule has 0 atom stereocenters. The number of nitrogens with zero attached hydrogens (tertiary/aromatic N) is 2. The average Bonchev–Trinajstić information content (AvgIpc) is 2.79. The van der Waals surface area contributed by atoms with Crippen LogP contribution in [0, 0.1) is 13.8 Å². The van der Waals surface area contributed by atoms with Crippen LogP contribution in [0.25, 0.3) is 10.8 Å². The highest BCUT2D eigenvalue weighted by Gasteiger charge is 2.27. The van der Waals surface area contributed by atoms with E-state index in [0.29, 0.717) is 12.6 Å². The van der Waals surface area contributed by atoms with E-state index in [4.69, 9.17) is 0 Å². The van der Waals surface area contributed by atoms with E-state index < -0.39 is 0 Å². The van der Waals surface area contributed by atoms with Crippen molar-refractivity contribution in [3.05, 3.63) is 62.1 Å². The normalized spacial score (nSPS) is 17.9. The summed E-state index contributed by atoms with van der Waals surface area (Å²) in [5.41, 5.74) is 3.65. The standard InChI is InChI=1S/C27H34BrN5O2/c1-5-33(21-8-6-20(7-9-21)32-18(4)34)25-14-19(28)13-23-22(25)10-11-29-26(23)30-15-24-16(2)12-17(3)31-27(24)35/h10-14,20-21H,5-9,15H2,1-4H3,(H,29,30)(H,31,35)(H,32,34). The Morgan fingerprint density at radius 1 is 1.17 bits per heavy atom. The number of anilines is 2. The number of carbonyl (C=O) groups is 1. The Morgan fingerprint density at radius 3 is 2.57 bits per heavy atom. The van der Waals surface area contributed by atoms with Gasteiger partial charge in [-0.2, -0.15) is 0 Å². The lowest BCUT2D eigenvalue weighted by Gasteiger charge is -2.38. The number of fused-ring (bicyclic) bond motifs is 1. The van der Waals surface area contributed by atoms with Crippen LogP contribution < -0.4 is 21.1 Å². The molecule has 186 valence electrons. The van der Waals surface area contributed by atoms with Crippen LogP contribution in [0.4, 0.5) is 11.5 Å². The summed E-state index contributed by atoms with van der Waals surface area (Å²) in [6.45, 7) is 8.94. The fraction of sp³-hybridized carbons (Fsp3) is 0.444. The molecule has 8 heteroatoms. The van der Waals surface area contributed by atoms with Gasteiger partial charge in [-0.1, -0.05) is 15.9 Å². The van der Waals surface area contributed by atoms with Gasteiger partial charge in [-0.25, -0.2) is 4.98 Å². The molecule has 0 bridgehead atoms. The smallest absolute Gasteiger partial charge is 0.253 e. The molecule has 0 unspecified atom stereocenters. The van der Waals surface area contributed by atoms with Crippen LogP contribution in [0.15, 0.2) is 39.7 Å². The predicted molar refractivity (Wildman–Crippen MR) is 146 cm³/mol. The van der Waals surface area contributed by atoms with Gasteiger partial charge in [0, 0.05) is 70.5 Å². The minimum atomic E-state index is -0.0656. The first-order valence-electron chi connectivity index (χ1n) is 12.3. The maximum atomic E-state index is 12.5. The van der Waals surface area contributed by atoms with Gasteiger partial charge in [0.15, 0.2) is 0 Å². The number of H-pyrrole nitrogens is 1. The van der Waals surface area contributed by atoms with E-state index in [2.05, 4.69) is 66.6 Å². The minimum absolute atomic E-state index is 0.0501. The lowest BCUT2D eigenvalue weighted by atomic mass is 9.89. The topological polar surface area (TPSA) is 90.1 Å². The fourth-order valence-electron chi connectivity index (χ4n) is 5.33. The summed E-state index contributed by atoms with van der Waals surface area (Å²) in [7, 11) is 0. The van der Waals surface area contributed by atoms with E-state index in [-0.39, 0.29) is 17.5 Å². The fourth-order valence-corrected chi connectivity index (χ4v) is 5.77. The number of amides is 1. The Balaban J connectivity index is 1.62. The van der Waals surface area contributed by atoms with Gasteiger partial charge < -0.3 is 20.5 Å². The molecule has 4 rings (SSSR count). The van der Waals surface area contributed by atoms with E-state index in [1.54, 1.807) is 6.92 Å². The molecule has 0 saturated heterocycles. The van der Waals surface area contributed by atoms with Crippen molar-refractivity contribution in [3.8, 4) is 0 Å². The number of aryl methyl sites for hydroxylation is 2. The van der Waals surface area contributed by atoms with Crippen molar-refractivity contribution in [1.82, 2.24) is 15.3 Å². The van der Waals surface area contributed by atoms with Crippen LogP contribution in [0.1, 0.15) is 56.4 Å². The lowest BCUT2D eigenvalue weighted by Crippen LogP contribution is -2.43. The number of halogens is 1. The second-order valence-corrected chi connectivity index (χ2v) is 10.4. The molecule has 2 heterocycles.